The summed E-state index contributed by atoms with van der Waals surface area (Å²) in [5.41, 5.74) is 0.674. The molecule has 15 heavy (non-hydrogen) atoms. The van der Waals surface area contributed by atoms with Crippen LogP contribution in [-0.2, 0) is 11.2 Å². The number of benzene rings is 1. The number of hydrogen-bond acceptors (Lipinski definition) is 1. The first kappa shape index (κ1) is 10.9. The number of alkyl halides is 1. The first-order chi connectivity index (χ1) is 7.26. The molecular formula is C12H14ClFO. The van der Waals surface area contributed by atoms with Crippen molar-refractivity contribution in [3.05, 3.63) is 35.6 Å². The molecule has 1 aliphatic heterocycles. The maximum absolute atomic E-state index is 13.5. The van der Waals surface area contributed by atoms with E-state index < -0.39 is 0 Å². The van der Waals surface area contributed by atoms with Gasteiger partial charge in [-0.1, -0.05) is 18.2 Å². The minimum atomic E-state index is -0.145. The van der Waals surface area contributed by atoms with Crippen LogP contribution in [0, 0.1) is 11.2 Å². The number of rotatable bonds is 3. The molecule has 1 fully saturated rings. The van der Waals surface area contributed by atoms with Crippen molar-refractivity contribution in [1.29, 1.82) is 0 Å². The van der Waals surface area contributed by atoms with Crippen molar-refractivity contribution in [2.24, 2.45) is 5.41 Å². The highest BCUT2D eigenvalue weighted by atomic mass is 35.5. The Morgan fingerprint density at radius 1 is 1.40 bits per heavy atom. The van der Waals surface area contributed by atoms with Crippen LogP contribution in [0.15, 0.2) is 24.3 Å². The summed E-state index contributed by atoms with van der Waals surface area (Å²) in [6, 6.07) is 6.88. The second-order valence-corrected chi connectivity index (χ2v) is 4.47. The molecule has 1 aliphatic rings. The second kappa shape index (κ2) is 4.50. The summed E-state index contributed by atoms with van der Waals surface area (Å²) in [5.74, 6) is 0.385. The second-order valence-electron chi connectivity index (χ2n) is 4.20. The van der Waals surface area contributed by atoms with Gasteiger partial charge >= 0.3 is 0 Å². The van der Waals surface area contributed by atoms with E-state index >= 15 is 0 Å². The van der Waals surface area contributed by atoms with Gasteiger partial charge in [0.2, 0.25) is 0 Å². The van der Waals surface area contributed by atoms with E-state index in [-0.39, 0.29) is 11.2 Å². The van der Waals surface area contributed by atoms with Gasteiger partial charge in [-0.3, -0.25) is 0 Å². The van der Waals surface area contributed by atoms with Crippen molar-refractivity contribution in [1.82, 2.24) is 0 Å². The fourth-order valence-corrected chi connectivity index (χ4v) is 2.29. The Hall–Kier alpha value is -0.600. The molecule has 1 atom stereocenters. The Morgan fingerprint density at radius 3 is 2.80 bits per heavy atom. The molecule has 1 aromatic carbocycles. The van der Waals surface area contributed by atoms with Crippen LogP contribution in [0.5, 0.6) is 0 Å². The topological polar surface area (TPSA) is 9.23 Å². The van der Waals surface area contributed by atoms with E-state index in [2.05, 4.69) is 0 Å². The van der Waals surface area contributed by atoms with Gasteiger partial charge in [0.15, 0.2) is 0 Å². The van der Waals surface area contributed by atoms with Crippen LogP contribution in [-0.4, -0.2) is 19.1 Å². The number of ether oxygens (including phenoxy) is 1. The van der Waals surface area contributed by atoms with Crippen LogP contribution in [0.25, 0.3) is 0 Å². The van der Waals surface area contributed by atoms with Gasteiger partial charge in [0.1, 0.15) is 5.82 Å². The molecule has 3 heteroatoms. The lowest BCUT2D eigenvalue weighted by molar-refractivity contribution is 0.160. The van der Waals surface area contributed by atoms with Crippen LogP contribution in [0.2, 0.25) is 0 Å². The minimum Gasteiger partial charge on any atom is -0.381 e. The lowest BCUT2D eigenvalue weighted by atomic mass is 9.83. The maximum Gasteiger partial charge on any atom is 0.126 e. The number of halogens is 2. The lowest BCUT2D eigenvalue weighted by Crippen LogP contribution is -2.26. The highest BCUT2D eigenvalue weighted by Gasteiger charge is 2.34. The van der Waals surface area contributed by atoms with E-state index in [1.807, 2.05) is 12.1 Å². The van der Waals surface area contributed by atoms with Crippen molar-refractivity contribution in [3.63, 3.8) is 0 Å². The molecule has 1 heterocycles. The molecule has 0 N–H and O–H groups in total. The van der Waals surface area contributed by atoms with Gasteiger partial charge in [-0.15, -0.1) is 11.6 Å². The summed E-state index contributed by atoms with van der Waals surface area (Å²) in [5, 5.41) is 0. The number of hydrogen-bond donors (Lipinski definition) is 0. The van der Waals surface area contributed by atoms with Gasteiger partial charge in [0, 0.05) is 17.9 Å². The van der Waals surface area contributed by atoms with Crippen LogP contribution in [0.1, 0.15) is 12.0 Å². The zero-order valence-electron chi connectivity index (χ0n) is 8.51. The standard InChI is InChI=1S/C12H14ClFO/c13-8-12(5-6-15-9-12)7-10-3-1-2-4-11(10)14/h1-4H,5-9H2. The molecule has 2 rings (SSSR count). The van der Waals surface area contributed by atoms with E-state index in [1.54, 1.807) is 6.07 Å². The van der Waals surface area contributed by atoms with Crippen molar-refractivity contribution >= 4 is 11.6 Å². The molecule has 0 aromatic heterocycles. The SMILES string of the molecule is Fc1ccccc1CC1(CCl)CCOC1. The van der Waals surface area contributed by atoms with Crippen LogP contribution in [0.3, 0.4) is 0 Å². The van der Waals surface area contributed by atoms with Gasteiger partial charge in [-0.05, 0) is 24.5 Å². The van der Waals surface area contributed by atoms with Crippen LogP contribution < -0.4 is 0 Å². The fourth-order valence-electron chi connectivity index (χ4n) is 1.99. The molecule has 0 amide bonds. The van der Waals surface area contributed by atoms with Gasteiger partial charge in [-0.25, -0.2) is 4.39 Å². The Kier molecular flexibility index (Phi) is 3.27. The van der Waals surface area contributed by atoms with E-state index in [0.29, 0.717) is 18.9 Å². The third-order valence-corrected chi connectivity index (χ3v) is 3.56. The highest BCUT2D eigenvalue weighted by molar-refractivity contribution is 6.18. The van der Waals surface area contributed by atoms with Gasteiger partial charge < -0.3 is 4.74 Å². The van der Waals surface area contributed by atoms with Crippen LogP contribution >= 0.6 is 11.6 Å². The molecule has 1 nitrogen and oxygen atoms in total. The van der Waals surface area contributed by atoms with Crippen molar-refractivity contribution < 1.29 is 9.13 Å². The Bertz CT molecular complexity index is 334. The third kappa shape index (κ3) is 2.32. The zero-order valence-corrected chi connectivity index (χ0v) is 9.27. The maximum atomic E-state index is 13.5. The molecular weight excluding hydrogens is 215 g/mol. The molecule has 1 saturated heterocycles. The zero-order chi connectivity index (χ0) is 10.7. The first-order valence-electron chi connectivity index (χ1n) is 5.13. The van der Waals surface area contributed by atoms with Gasteiger partial charge in [0.05, 0.1) is 6.61 Å². The smallest absolute Gasteiger partial charge is 0.126 e. The molecule has 0 bridgehead atoms. The average molecular weight is 229 g/mol. The Balaban J connectivity index is 2.16. The normalized spacial score (nSPS) is 25.7. The predicted molar refractivity (Wildman–Crippen MR) is 58.7 cm³/mol. The summed E-state index contributed by atoms with van der Waals surface area (Å²) in [4.78, 5) is 0. The van der Waals surface area contributed by atoms with E-state index in [9.17, 15) is 4.39 Å². The Morgan fingerprint density at radius 2 is 2.20 bits per heavy atom. The highest BCUT2D eigenvalue weighted by Crippen LogP contribution is 2.34. The monoisotopic (exact) mass is 228 g/mol. The molecule has 0 aliphatic carbocycles. The van der Waals surface area contributed by atoms with E-state index in [4.69, 9.17) is 16.3 Å². The van der Waals surface area contributed by atoms with Crippen LogP contribution in [0.4, 0.5) is 4.39 Å². The lowest BCUT2D eigenvalue weighted by Gasteiger charge is -2.24. The largest absolute Gasteiger partial charge is 0.381 e. The van der Waals surface area contributed by atoms with E-state index in [1.165, 1.54) is 6.07 Å². The molecule has 0 spiro atoms. The van der Waals surface area contributed by atoms with Crippen molar-refractivity contribution in [3.8, 4) is 0 Å². The fraction of sp³-hybridized carbons (Fsp3) is 0.500. The summed E-state index contributed by atoms with van der Waals surface area (Å²) in [6.07, 6.45) is 1.59. The minimum absolute atomic E-state index is 0.0657. The summed E-state index contributed by atoms with van der Waals surface area (Å²) >= 11 is 5.96. The molecule has 0 radical (unpaired) electrons. The van der Waals surface area contributed by atoms with Gasteiger partial charge in [-0.2, -0.15) is 0 Å². The quantitative estimate of drug-likeness (QED) is 0.723. The molecule has 1 unspecified atom stereocenters. The molecule has 0 saturated carbocycles. The summed E-state index contributed by atoms with van der Waals surface area (Å²) < 4.78 is 18.8. The average Bonchev–Trinajstić information content (AvgIpc) is 2.71. The Labute approximate surface area is 94.2 Å². The molecule has 1 aromatic rings. The van der Waals surface area contributed by atoms with E-state index in [0.717, 1.165) is 18.6 Å². The van der Waals surface area contributed by atoms with Gasteiger partial charge in [0.25, 0.3) is 0 Å². The molecule has 82 valence electrons. The van der Waals surface area contributed by atoms with Crippen molar-refractivity contribution in [2.75, 3.05) is 19.1 Å². The predicted octanol–water partition coefficient (Wildman–Crippen LogP) is 3.01. The summed E-state index contributed by atoms with van der Waals surface area (Å²) in [6.45, 7) is 1.38. The summed E-state index contributed by atoms with van der Waals surface area (Å²) in [7, 11) is 0. The van der Waals surface area contributed by atoms with Crippen molar-refractivity contribution in [2.45, 2.75) is 12.8 Å². The first-order valence-corrected chi connectivity index (χ1v) is 5.66. The third-order valence-electron chi connectivity index (χ3n) is 2.99.